The summed E-state index contributed by atoms with van der Waals surface area (Å²) in [4.78, 5) is 20.5. The largest absolute Gasteiger partial charge is 0.324 e. The van der Waals surface area contributed by atoms with Gasteiger partial charge in [-0.05, 0) is 42.5 Å². The van der Waals surface area contributed by atoms with E-state index in [2.05, 4.69) is 26.7 Å². The van der Waals surface area contributed by atoms with Gasteiger partial charge >= 0.3 is 0 Å². The van der Waals surface area contributed by atoms with Gasteiger partial charge in [-0.25, -0.2) is 9.97 Å². The normalized spacial score (nSPS) is 9.79. The topological polar surface area (TPSA) is 90.7 Å². The van der Waals surface area contributed by atoms with Crippen molar-refractivity contribution in [3.05, 3.63) is 78.1 Å². The standard InChI is InChI=1S/C18H13N5O/c19-12-13-6-8-15(9-7-13)22-18-20-11-10-16(23-18)17(24)21-14-4-2-1-3-5-14/h1-11H,(H,21,24)(H,20,22,23). The SMILES string of the molecule is N#Cc1ccc(Nc2nccc(C(=O)Nc3ccccc3)n2)cc1. The average molecular weight is 315 g/mol. The Kier molecular flexibility index (Phi) is 4.45. The highest BCUT2D eigenvalue weighted by molar-refractivity contribution is 6.02. The zero-order valence-corrected chi connectivity index (χ0v) is 12.6. The molecule has 116 valence electrons. The summed E-state index contributed by atoms with van der Waals surface area (Å²) in [6.07, 6.45) is 1.51. The number of nitrogens with one attached hydrogen (secondary N) is 2. The lowest BCUT2D eigenvalue weighted by Crippen LogP contribution is -2.14. The van der Waals surface area contributed by atoms with Gasteiger partial charge in [0.2, 0.25) is 5.95 Å². The van der Waals surface area contributed by atoms with E-state index < -0.39 is 0 Å². The van der Waals surface area contributed by atoms with Gasteiger partial charge in [-0.3, -0.25) is 4.79 Å². The minimum absolute atomic E-state index is 0.255. The molecule has 0 aliphatic rings. The Balaban J connectivity index is 1.73. The molecule has 6 nitrogen and oxygen atoms in total. The lowest BCUT2D eigenvalue weighted by atomic mass is 10.2. The quantitative estimate of drug-likeness (QED) is 0.770. The van der Waals surface area contributed by atoms with E-state index in [-0.39, 0.29) is 11.6 Å². The van der Waals surface area contributed by atoms with Crippen LogP contribution in [0.5, 0.6) is 0 Å². The van der Waals surface area contributed by atoms with Crippen molar-refractivity contribution in [3.63, 3.8) is 0 Å². The van der Waals surface area contributed by atoms with Crippen molar-refractivity contribution in [2.75, 3.05) is 10.6 Å². The molecular formula is C18H13N5O. The Morgan fingerprint density at radius 3 is 2.42 bits per heavy atom. The Morgan fingerprint density at radius 1 is 0.958 bits per heavy atom. The van der Waals surface area contributed by atoms with Crippen LogP contribution in [0.4, 0.5) is 17.3 Å². The molecule has 1 heterocycles. The molecule has 0 saturated heterocycles. The number of para-hydroxylation sites is 1. The summed E-state index contributed by atoms with van der Waals surface area (Å²) in [6, 6.07) is 19.6. The fourth-order valence-corrected chi connectivity index (χ4v) is 2.02. The van der Waals surface area contributed by atoms with Crippen LogP contribution in [0.3, 0.4) is 0 Å². The Labute approximate surface area is 138 Å². The monoisotopic (exact) mass is 315 g/mol. The van der Waals surface area contributed by atoms with Crippen molar-refractivity contribution in [1.82, 2.24) is 9.97 Å². The van der Waals surface area contributed by atoms with Gasteiger partial charge in [0.1, 0.15) is 5.69 Å². The maximum absolute atomic E-state index is 12.2. The van der Waals surface area contributed by atoms with Gasteiger partial charge in [-0.15, -0.1) is 0 Å². The average Bonchev–Trinajstić information content (AvgIpc) is 2.63. The molecule has 0 atom stereocenters. The molecular weight excluding hydrogens is 302 g/mol. The molecule has 0 bridgehead atoms. The van der Waals surface area contributed by atoms with Crippen molar-refractivity contribution in [1.29, 1.82) is 5.26 Å². The Bertz CT molecular complexity index is 885. The van der Waals surface area contributed by atoms with E-state index in [1.54, 1.807) is 42.5 Å². The first-order chi connectivity index (χ1) is 11.7. The molecule has 3 aromatic rings. The van der Waals surface area contributed by atoms with Crippen LogP contribution < -0.4 is 10.6 Å². The van der Waals surface area contributed by atoms with Crippen LogP contribution in [0.2, 0.25) is 0 Å². The number of anilines is 3. The zero-order valence-electron chi connectivity index (χ0n) is 12.6. The van der Waals surface area contributed by atoms with Gasteiger partial charge in [0.05, 0.1) is 11.6 Å². The van der Waals surface area contributed by atoms with Crippen LogP contribution in [0.15, 0.2) is 66.9 Å². The summed E-state index contributed by atoms with van der Waals surface area (Å²) in [5, 5.41) is 14.6. The molecule has 0 radical (unpaired) electrons. The van der Waals surface area contributed by atoms with Crippen molar-refractivity contribution >= 4 is 23.2 Å². The summed E-state index contributed by atoms with van der Waals surface area (Å²) in [5.41, 5.74) is 2.25. The van der Waals surface area contributed by atoms with E-state index in [0.29, 0.717) is 17.2 Å². The first-order valence-corrected chi connectivity index (χ1v) is 7.21. The summed E-state index contributed by atoms with van der Waals surface area (Å²) in [5.74, 6) is -0.00750. The second-order valence-corrected chi connectivity index (χ2v) is 4.90. The molecule has 0 saturated carbocycles. The van der Waals surface area contributed by atoms with Gasteiger partial charge in [-0.2, -0.15) is 5.26 Å². The molecule has 0 aliphatic heterocycles. The molecule has 6 heteroatoms. The van der Waals surface area contributed by atoms with E-state index in [4.69, 9.17) is 5.26 Å². The number of nitrogens with zero attached hydrogens (tertiary/aromatic N) is 3. The van der Waals surface area contributed by atoms with Gasteiger partial charge in [0.15, 0.2) is 0 Å². The predicted octanol–water partition coefficient (Wildman–Crippen LogP) is 3.34. The number of rotatable bonds is 4. The minimum Gasteiger partial charge on any atom is -0.324 e. The third-order valence-corrected chi connectivity index (χ3v) is 3.19. The van der Waals surface area contributed by atoms with Crippen LogP contribution in [-0.4, -0.2) is 15.9 Å². The first-order valence-electron chi connectivity index (χ1n) is 7.21. The van der Waals surface area contributed by atoms with E-state index in [0.717, 1.165) is 5.69 Å². The van der Waals surface area contributed by atoms with Crippen LogP contribution in [0.1, 0.15) is 16.1 Å². The fraction of sp³-hybridized carbons (Fsp3) is 0. The molecule has 1 aromatic heterocycles. The number of carbonyl (C=O) groups excluding carboxylic acids is 1. The van der Waals surface area contributed by atoms with Crippen molar-refractivity contribution in [3.8, 4) is 6.07 Å². The van der Waals surface area contributed by atoms with Crippen LogP contribution in [-0.2, 0) is 0 Å². The highest BCUT2D eigenvalue weighted by Gasteiger charge is 2.09. The van der Waals surface area contributed by atoms with Gasteiger partial charge < -0.3 is 10.6 Å². The molecule has 24 heavy (non-hydrogen) atoms. The highest BCUT2D eigenvalue weighted by atomic mass is 16.1. The highest BCUT2D eigenvalue weighted by Crippen LogP contribution is 2.14. The minimum atomic E-state index is -0.313. The summed E-state index contributed by atoms with van der Waals surface area (Å²) in [7, 11) is 0. The third kappa shape index (κ3) is 3.72. The van der Waals surface area contributed by atoms with Gasteiger partial charge in [0.25, 0.3) is 5.91 Å². The lowest BCUT2D eigenvalue weighted by molar-refractivity contribution is 0.102. The van der Waals surface area contributed by atoms with Crippen LogP contribution in [0.25, 0.3) is 0 Å². The number of nitriles is 1. The number of aromatic nitrogens is 2. The molecule has 2 N–H and O–H groups in total. The van der Waals surface area contributed by atoms with Crippen molar-refractivity contribution in [2.45, 2.75) is 0 Å². The summed E-state index contributed by atoms with van der Waals surface area (Å²) >= 11 is 0. The second-order valence-electron chi connectivity index (χ2n) is 4.90. The number of carbonyl (C=O) groups is 1. The molecule has 0 aliphatic carbocycles. The maximum Gasteiger partial charge on any atom is 0.274 e. The third-order valence-electron chi connectivity index (χ3n) is 3.19. The number of benzene rings is 2. The smallest absolute Gasteiger partial charge is 0.274 e. The Hall–Kier alpha value is -3.72. The van der Waals surface area contributed by atoms with Crippen LogP contribution >= 0.6 is 0 Å². The van der Waals surface area contributed by atoms with Crippen LogP contribution in [0, 0.1) is 11.3 Å². The molecule has 0 fully saturated rings. The lowest BCUT2D eigenvalue weighted by Gasteiger charge is -2.07. The number of hydrogen-bond donors (Lipinski definition) is 2. The van der Waals surface area contributed by atoms with E-state index in [9.17, 15) is 4.79 Å². The second kappa shape index (κ2) is 7.03. The summed E-state index contributed by atoms with van der Waals surface area (Å²) in [6.45, 7) is 0. The zero-order chi connectivity index (χ0) is 16.8. The predicted molar refractivity (Wildman–Crippen MR) is 90.9 cm³/mol. The molecule has 0 unspecified atom stereocenters. The van der Waals surface area contributed by atoms with E-state index in [1.807, 2.05) is 18.2 Å². The first kappa shape index (κ1) is 15.2. The Morgan fingerprint density at radius 2 is 1.71 bits per heavy atom. The van der Waals surface area contributed by atoms with Gasteiger partial charge in [-0.1, -0.05) is 18.2 Å². The molecule has 3 rings (SSSR count). The van der Waals surface area contributed by atoms with Crippen molar-refractivity contribution in [2.24, 2.45) is 0 Å². The number of hydrogen-bond acceptors (Lipinski definition) is 5. The van der Waals surface area contributed by atoms with Gasteiger partial charge in [0, 0.05) is 17.6 Å². The number of amides is 1. The van der Waals surface area contributed by atoms with E-state index >= 15 is 0 Å². The van der Waals surface area contributed by atoms with Crippen molar-refractivity contribution < 1.29 is 4.79 Å². The molecule has 2 aromatic carbocycles. The fourth-order valence-electron chi connectivity index (χ4n) is 2.02. The molecule has 0 spiro atoms. The van der Waals surface area contributed by atoms with E-state index in [1.165, 1.54) is 6.20 Å². The maximum atomic E-state index is 12.2. The molecule has 1 amide bonds. The summed E-state index contributed by atoms with van der Waals surface area (Å²) < 4.78 is 0.